The Morgan fingerprint density at radius 1 is 1.35 bits per heavy atom. The predicted octanol–water partition coefficient (Wildman–Crippen LogP) is 3.43. The normalized spacial score (nSPS) is 18.9. The molecule has 3 aromatic rings. The number of carbonyl (C=O) groups excluding carboxylic acids is 1. The van der Waals surface area contributed by atoms with Gasteiger partial charge in [0, 0.05) is 17.9 Å². The molecule has 3 N–H and O–H groups in total. The molecule has 2 heterocycles. The summed E-state index contributed by atoms with van der Waals surface area (Å²) in [7, 11) is 0. The van der Waals surface area contributed by atoms with Crippen molar-refractivity contribution in [3.05, 3.63) is 57.3 Å². The monoisotopic (exact) mass is 468 g/mol. The maximum absolute atomic E-state index is 13.7. The molecule has 1 aliphatic heterocycles. The first-order chi connectivity index (χ1) is 16.0. The minimum atomic E-state index is -1.36. The van der Waals surface area contributed by atoms with E-state index >= 15 is 0 Å². The van der Waals surface area contributed by atoms with Crippen LogP contribution < -0.4 is 10.2 Å². The molecule has 180 valence electrons. The number of phenolic OH excluding ortho intramolecular Hbond substituents is 1. The summed E-state index contributed by atoms with van der Waals surface area (Å²) in [5.41, 5.74) is 0.635. The van der Waals surface area contributed by atoms with Crippen LogP contribution >= 0.6 is 0 Å². The highest BCUT2D eigenvalue weighted by Crippen LogP contribution is 2.44. The van der Waals surface area contributed by atoms with Gasteiger partial charge in [-0.05, 0) is 51.0 Å². The Bertz CT molecular complexity index is 1360. The summed E-state index contributed by atoms with van der Waals surface area (Å²) >= 11 is 0. The Balaban J connectivity index is 2.02. The molecule has 0 radical (unpaired) electrons. The van der Waals surface area contributed by atoms with Gasteiger partial charge in [-0.3, -0.25) is 9.59 Å². The van der Waals surface area contributed by atoms with Gasteiger partial charge in [0.25, 0.3) is 6.47 Å². The average molecular weight is 469 g/mol. The van der Waals surface area contributed by atoms with Crippen molar-refractivity contribution in [3.8, 4) is 11.5 Å². The van der Waals surface area contributed by atoms with Gasteiger partial charge in [0.1, 0.15) is 34.2 Å². The van der Waals surface area contributed by atoms with Gasteiger partial charge in [-0.25, -0.2) is 0 Å². The van der Waals surface area contributed by atoms with Crippen LogP contribution in [0, 0.1) is 12.8 Å². The minimum Gasteiger partial charge on any atom is -0.507 e. The lowest BCUT2D eigenvalue weighted by molar-refractivity contribution is -0.146. The number of hydrogen-bond donors (Lipinski definition) is 3. The third-order valence-electron chi connectivity index (χ3n) is 6.48. The summed E-state index contributed by atoms with van der Waals surface area (Å²) in [4.78, 5) is 24.7. The minimum absolute atomic E-state index is 0.0425. The number of aromatic hydroxyl groups is 1. The number of fused-ring (bicyclic) bond motifs is 4. The molecular formula is C26H28O8. The Labute approximate surface area is 196 Å². The molecule has 8 heteroatoms. The van der Waals surface area contributed by atoms with Crippen molar-refractivity contribution >= 4 is 28.4 Å². The van der Waals surface area contributed by atoms with E-state index in [0.717, 1.165) is 5.57 Å². The number of carbonyl (C=O) groups is 1. The maximum atomic E-state index is 13.7. The highest BCUT2D eigenvalue weighted by molar-refractivity contribution is 5.97. The van der Waals surface area contributed by atoms with Crippen LogP contribution in [0.5, 0.6) is 11.5 Å². The smallest absolute Gasteiger partial charge is 0.293 e. The molecule has 0 bridgehead atoms. The second-order valence-corrected chi connectivity index (χ2v) is 9.48. The largest absolute Gasteiger partial charge is 0.507 e. The van der Waals surface area contributed by atoms with Gasteiger partial charge in [-0.15, -0.1) is 0 Å². The van der Waals surface area contributed by atoms with Gasteiger partial charge in [-0.1, -0.05) is 18.2 Å². The van der Waals surface area contributed by atoms with Gasteiger partial charge < -0.3 is 29.2 Å². The zero-order chi connectivity index (χ0) is 24.9. The predicted molar refractivity (Wildman–Crippen MR) is 126 cm³/mol. The summed E-state index contributed by atoms with van der Waals surface area (Å²) in [6, 6.07) is 4.57. The Hall–Kier alpha value is -3.36. The van der Waals surface area contributed by atoms with Gasteiger partial charge in [0.2, 0.25) is 5.43 Å². The van der Waals surface area contributed by atoms with Crippen LogP contribution in [0.3, 0.4) is 0 Å². The first-order valence-corrected chi connectivity index (χ1v) is 11.0. The Kier molecular flexibility index (Phi) is 5.91. The van der Waals surface area contributed by atoms with E-state index in [-0.39, 0.29) is 47.2 Å². The summed E-state index contributed by atoms with van der Waals surface area (Å²) < 4.78 is 17.1. The van der Waals surface area contributed by atoms with Crippen LogP contribution in [0.15, 0.2) is 39.6 Å². The van der Waals surface area contributed by atoms with Crippen molar-refractivity contribution in [3.63, 3.8) is 0 Å². The second-order valence-electron chi connectivity index (χ2n) is 9.48. The molecule has 2 aromatic carbocycles. The van der Waals surface area contributed by atoms with E-state index in [1.165, 1.54) is 19.9 Å². The fourth-order valence-corrected chi connectivity index (χ4v) is 4.54. The van der Waals surface area contributed by atoms with Crippen molar-refractivity contribution in [2.24, 2.45) is 5.92 Å². The highest BCUT2D eigenvalue weighted by Gasteiger charge is 2.35. The van der Waals surface area contributed by atoms with Gasteiger partial charge in [-0.2, -0.15) is 0 Å². The first kappa shape index (κ1) is 23.8. The molecule has 3 atom stereocenters. The van der Waals surface area contributed by atoms with Crippen LogP contribution in [-0.2, 0) is 16.0 Å². The number of aryl methyl sites for hydroxylation is 1. The van der Waals surface area contributed by atoms with E-state index < -0.39 is 29.2 Å². The summed E-state index contributed by atoms with van der Waals surface area (Å²) in [5.74, 6) is -0.274. The topological polar surface area (TPSA) is 126 Å². The molecule has 0 amide bonds. The molecule has 1 aromatic heterocycles. The van der Waals surface area contributed by atoms with Crippen LogP contribution in [0.25, 0.3) is 21.9 Å². The van der Waals surface area contributed by atoms with Crippen molar-refractivity contribution in [1.82, 2.24) is 0 Å². The third-order valence-corrected chi connectivity index (χ3v) is 6.48. The second kappa shape index (κ2) is 8.45. The van der Waals surface area contributed by atoms with E-state index in [1.54, 1.807) is 26.0 Å². The van der Waals surface area contributed by atoms with Gasteiger partial charge in [0.15, 0.2) is 0 Å². The van der Waals surface area contributed by atoms with Crippen LogP contribution in [-0.4, -0.2) is 40.1 Å². The number of phenols is 1. The lowest BCUT2D eigenvalue weighted by atomic mass is 9.85. The number of hydrogen-bond acceptors (Lipinski definition) is 8. The first-order valence-electron chi connectivity index (χ1n) is 11.0. The highest BCUT2D eigenvalue weighted by atomic mass is 16.5. The lowest BCUT2D eigenvalue weighted by Crippen LogP contribution is -2.39. The van der Waals surface area contributed by atoms with E-state index in [9.17, 15) is 24.9 Å². The van der Waals surface area contributed by atoms with Gasteiger partial charge >= 0.3 is 0 Å². The van der Waals surface area contributed by atoms with E-state index in [0.29, 0.717) is 22.4 Å². The number of ether oxygens (including phenoxy) is 2. The number of aliphatic hydroxyl groups is 2. The fraction of sp³-hybridized carbons (Fsp3) is 0.385. The standard InChI is InChI=1S/C26H28O8/c1-12(2)15-10-32-24-13(3)8-17-20(21(24)22(15)29)23(30)19-16(28)7-6-14(25(19)34-17)9-18(33-11-27)26(4,5)31/h6-8,11,15,18,22,28-29,31H,1,9-10H2,2-5H3/t15-,18+,22-/m1/s1. The van der Waals surface area contributed by atoms with Crippen molar-refractivity contribution in [2.45, 2.75) is 51.9 Å². The molecule has 1 aliphatic rings. The Morgan fingerprint density at radius 2 is 2.06 bits per heavy atom. The lowest BCUT2D eigenvalue weighted by Gasteiger charge is -2.32. The molecule has 0 saturated heterocycles. The van der Waals surface area contributed by atoms with E-state index in [2.05, 4.69) is 6.58 Å². The summed E-state index contributed by atoms with van der Waals surface area (Å²) in [6.45, 7) is 11.0. The van der Waals surface area contributed by atoms with Crippen LogP contribution in [0.2, 0.25) is 0 Å². The molecule has 4 rings (SSSR count). The zero-order valence-corrected chi connectivity index (χ0v) is 19.5. The molecular weight excluding hydrogens is 440 g/mol. The maximum Gasteiger partial charge on any atom is 0.293 e. The van der Waals surface area contributed by atoms with Gasteiger partial charge in [0.05, 0.1) is 23.7 Å². The molecule has 8 nitrogen and oxygen atoms in total. The van der Waals surface area contributed by atoms with E-state index in [1.807, 2.05) is 0 Å². The molecule has 34 heavy (non-hydrogen) atoms. The SMILES string of the molecule is C=C(C)[C@H]1COc2c(C)cc3oc4c(C[C@H](OC=O)C(C)(C)O)ccc(O)c4c(=O)c3c2[C@@H]1O. The Morgan fingerprint density at radius 3 is 2.68 bits per heavy atom. The molecule has 0 unspecified atom stereocenters. The van der Waals surface area contributed by atoms with Crippen molar-refractivity contribution in [2.75, 3.05) is 6.61 Å². The summed E-state index contributed by atoms with van der Waals surface area (Å²) in [6.07, 6.45) is -1.91. The molecule has 0 saturated carbocycles. The van der Waals surface area contributed by atoms with Crippen molar-refractivity contribution < 1.29 is 34.0 Å². The fourth-order valence-electron chi connectivity index (χ4n) is 4.54. The number of rotatable bonds is 6. The van der Waals surface area contributed by atoms with Crippen molar-refractivity contribution in [1.29, 1.82) is 0 Å². The third kappa shape index (κ3) is 3.82. The van der Waals surface area contributed by atoms with E-state index in [4.69, 9.17) is 13.9 Å². The average Bonchev–Trinajstić information content (AvgIpc) is 2.74. The summed E-state index contributed by atoms with van der Waals surface area (Å²) in [5, 5.41) is 32.2. The number of benzene rings is 2. The van der Waals surface area contributed by atoms with Crippen LogP contribution in [0.1, 0.15) is 43.6 Å². The van der Waals surface area contributed by atoms with Crippen LogP contribution in [0.4, 0.5) is 0 Å². The molecule has 0 fully saturated rings. The number of aliphatic hydroxyl groups excluding tert-OH is 1. The zero-order valence-electron chi connectivity index (χ0n) is 19.5. The quantitative estimate of drug-likeness (QED) is 0.285. The molecule has 0 aliphatic carbocycles. The molecule has 0 spiro atoms.